The number of rotatable bonds is 52. The lowest BCUT2D eigenvalue weighted by molar-refractivity contribution is -0.142. The molecule has 0 saturated carbocycles. The number of likely N-dealkylation sites (N-methyl/N-ethyl adjacent to an activating group) is 1. The molecule has 1 saturated heterocycles. The molecule has 1 aliphatic heterocycles. The first-order valence-corrected chi connectivity index (χ1v) is 44.6. The number of fused-ring (bicyclic) bond motifs is 1. The van der Waals surface area contributed by atoms with Gasteiger partial charge in [0, 0.05) is 95.1 Å². The molecule has 131 heavy (non-hydrogen) atoms. The Morgan fingerprint density at radius 3 is 1.50 bits per heavy atom. The number of nitrogens with two attached hydrogens (primary N) is 1. The van der Waals surface area contributed by atoms with E-state index in [0.717, 1.165) is 10.8 Å². The molecule has 0 unspecified atom stereocenters. The molecular weight excluding hydrogens is 1700 g/mol. The van der Waals surface area contributed by atoms with Gasteiger partial charge in [0.25, 0.3) is 11.8 Å². The average molecular weight is 1830 g/mol. The fraction of sp³-hybridized carbons (Fsp3) is 0.447. The number of aromatic nitrogens is 3. The minimum absolute atomic E-state index is 0.00458. The van der Waals surface area contributed by atoms with Crippen molar-refractivity contribution in [2.45, 2.75) is 217 Å². The second-order valence-electron chi connectivity index (χ2n) is 33.3. The van der Waals surface area contributed by atoms with E-state index >= 15 is 28.8 Å². The third-order valence-electron chi connectivity index (χ3n) is 21.8. The van der Waals surface area contributed by atoms with E-state index in [1.165, 1.54) is 91.9 Å². The van der Waals surface area contributed by atoms with Crippen LogP contribution in [0.3, 0.4) is 0 Å². The van der Waals surface area contributed by atoms with Crippen molar-refractivity contribution in [3.63, 3.8) is 0 Å². The quantitative estimate of drug-likeness (QED) is 0.0244. The number of carbonyl (C=O) groups excluding carboxylic acids is 15. The maximum Gasteiger partial charge on any atom is 0.272 e. The van der Waals surface area contributed by atoms with E-state index in [-0.39, 0.29) is 139 Å². The highest BCUT2D eigenvalue weighted by atomic mass is 35.5. The maximum absolute atomic E-state index is 15.5. The zero-order valence-electron chi connectivity index (χ0n) is 74.9. The lowest BCUT2D eigenvalue weighted by Gasteiger charge is -2.31. The van der Waals surface area contributed by atoms with Crippen molar-refractivity contribution in [1.29, 1.82) is 0 Å². The molecule has 0 radical (unpaired) electrons. The number of carbonyl (C=O) groups is 15. The lowest BCUT2D eigenvalue weighted by Crippen LogP contribution is -2.61. The Kier molecular flexibility index (Phi) is 41.6. The van der Waals surface area contributed by atoms with Crippen LogP contribution < -0.4 is 74.9 Å². The number of nitrogens with zero attached hydrogens (tertiary/aromatic N) is 5. The largest absolute Gasteiger partial charge is 0.508 e. The monoisotopic (exact) mass is 1820 g/mol. The SMILES string of the molecule is CC(=O)N[C@H](Cc1ccc2ccccc2c1)C(=O)N[C@H](Cc1ccc(Cl)cc1)C(=O)N[C@H](Cc1cccnc1)C(=O)N[C@@H](CO)C(=O)N[C@@H](Cc1ccc(O)cc1)C(=O)N[C@@H](CCCCNC(=O)CN(C)C(=O)c1ccccn1)C(=O)N[C@H](CCCCNC(=O)c1ccccn1)C(=O)N[C@@H](CC(C)C)C(=O)N[C@@H](CCCCNC(C)C)C(=O)N1CCC[C@H]1C(=O)N[C@H](C)C(N)=O. The number of unbranched alkanes of at least 4 members (excludes halogenated alkanes) is 3. The van der Waals surface area contributed by atoms with Crippen molar-refractivity contribution in [1.82, 2.24) is 93.9 Å². The average Bonchev–Trinajstić information content (AvgIpc) is 1.71. The molecule has 1 fully saturated rings. The molecular formula is C94H122ClN19O17. The molecule has 0 spiro atoms. The van der Waals surface area contributed by atoms with E-state index in [0.29, 0.717) is 53.1 Å². The van der Waals surface area contributed by atoms with Crippen LogP contribution in [-0.2, 0) is 88.0 Å². The van der Waals surface area contributed by atoms with Gasteiger partial charge in [-0.3, -0.25) is 86.9 Å². The van der Waals surface area contributed by atoms with Crippen molar-refractivity contribution in [2.75, 3.05) is 46.4 Å². The first-order valence-electron chi connectivity index (χ1n) is 44.2. The van der Waals surface area contributed by atoms with Crippen molar-refractivity contribution < 1.29 is 82.1 Å². The van der Waals surface area contributed by atoms with Crippen LogP contribution in [0.15, 0.2) is 164 Å². The highest BCUT2D eigenvalue weighted by Crippen LogP contribution is 2.24. The summed E-state index contributed by atoms with van der Waals surface area (Å²) < 4.78 is 0. The zero-order valence-corrected chi connectivity index (χ0v) is 75.6. The Bertz CT molecular complexity index is 5010. The summed E-state index contributed by atoms with van der Waals surface area (Å²) in [4.78, 5) is 229. The Morgan fingerprint density at radius 1 is 0.489 bits per heavy atom. The van der Waals surface area contributed by atoms with Crippen LogP contribution in [0.1, 0.15) is 162 Å². The Labute approximate surface area is 766 Å². The summed E-state index contributed by atoms with van der Waals surface area (Å²) in [5.74, 6) is -12.1. The number of aliphatic hydroxyl groups is 1. The van der Waals surface area contributed by atoms with E-state index < -0.39 is 162 Å². The topological polar surface area (TPSA) is 524 Å². The van der Waals surface area contributed by atoms with Gasteiger partial charge in [0.2, 0.25) is 76.8 Å². The lowest BCUT2D eigenvalue weighted by atomic mass is 9.99. The van der Waals surface area contributed by atoms with Crippen LogP contribution in [0.25, 0.3) is 10.8 Å². The number of benzene rings is 4. The van der Waals surface area contributed by atoms with Crippen molar-refractivity contribution in [3.8, 4) is 5.75 Å². The number of aliphatic hydroxyl groups excluding tert-OH is 1. The minimum atomic E-state index is -1.91. The Morgan fingerprint density at radius 2 is 0.962 bits per heavy atom. The zero-order chi connectivity index (χ0) is 95.1. The van der Waals surface area contributed by atoms with Crippen LogP contribution in [0.5, 0.6) is 5.75 Å². The fourth-order valence-electron chi connectivity index (χ4n) is 14.8. The summed E-state index contributed by atoms with van der Waals surface area (Å²) in [6, 6.07) is 22.3. The second kappa shape index (κ2) is 53.0. The van der Waals surface area contributed by atoms with Gasteiger partial charge >= 0.3 is 0 Å². The third-order valence-corrected chi connectivity index (χ3v) is 22.1. The summed E-state index contributed by atoms with van der Waals surface area (Å²) >= 11 is 6.29. The predicted octanol–water partition coefficient (Wildman–Crippen LogP) is 2.88. The number of aromatic hydroxyl groups is 1. The first kappa shape index (κ1) is 103. The predicted molar refractivity (Wildman–Crippen MR) is 489 cm³/mol. The number of amides is 15. The summed E-state index contributed by atoms with van der Waals surface area (Å²) in [6.45, 7) is 9.49. The van der Waals surface area contributed by atoms with Gasteiger partial charge in [0.05, 0.1) is 13.2 Å². The smallest absolute Gasteiger partial charge is 0.272 e. The highest BCUT2D eigenvalue weighted by Gasteiger charge is 2.41. The van der Waals surface area contributed by atoms with Gasteiger partial charge in [-0.25, -0.2) is 0 Å². The van der Waals surface area contributed by atoms with E-state index in [4.69, 9.17) is 17.3 Å². The number of primary amides is 1. The standard InChI is InChI=1S/C94H122ClN19O17/c1-57(2)48-74(86(123)107-73(29-14-15-42-98-58(3)4)94(131)114-47-21-30-80(114)92(129)103-59(5)82(96)119)108-85(122)71(27-12-19-46-102-83(120)69-25-10-16-43-99-69)105-84(121)70(26-11-18-45-101-81(118)55-113(7)93(130)72-28-13-17-44-100-72)106-88(125)76(51-62-34-39-68(117)40-35-62)111-91(128)79(56-115)112-90(127)78(53-64-22-20-41-97-54-64)110-89(126)77(50-61-32-37-67(95)38-33-61)109-87(124)75(104-60(6)116)52-63-31-36-65-23-8-9-24-66(65)49-63/h8-10,13,16-17,20,22-25,28,31-41,43-44,49,54,57-59,70-71,73-80,98,115,117H,11-12,14-15,18-19,21,26-27,29-30,42,45-48,50-53,55-56H2,1-7H3,(H2,96,119)(H,101,118)(H,102,120)(H,103,129)(H,104,116)(H,105,121)(H,106,125)(H,107,123)(H,108,122)(H,109,124)(H,110,126)(H,111,128)(H,112,127)/t59-,70+,71-,73+,74+,75-,76+,77-,78-,79+,80+/m1/s1. The van der Waals surface area contributed by atoms with Gasteiger partial charge in [-0.2, -0.15) is 0 Å². The van der Waals surface area contributed by atoms with Crippen LogP contribution >= 0.6 is 11.6 Å². The molecule has 0 bridgehead atoms. The maximum atomic E-state index is 15.5. The number of halogens is 1. The molecule has 4 heterocycles. The minimum Gasteiger partial charge on any atom is -0.508 e. The molecule has 37 heteroatoms. The normalized spacial score (nSPS) is 14.6. The molecule has 3 aromatic heterocycles. The molecule has 702 valence electrons. The number of pyridine rings is 3. The van der Waals surface area contributed by atoms with Crippen molar-refractivity contribution in [3.05, 3.63) is 203 Å². The molecule has 17 N–H and O–H groups in total. The number of phenols is 1. The molecule has 1 aliphatic rings. The van der Waals surface area contributed by atoms with E-state index in [9.17, 15) is 53.4 Å². The summed E-state index contributed by atoms with van der Waals surface area (Å²) in [7, 11) is 1.42. The van der Waals surface area contributed by atoms with E-state index in [1.54, 1.807) is 74.5 Å². The number of hydrogen-bond acceptors (Lipinski definition) is 21. The van der Waals surface area contributed by atoms with Crippen LogP contribution in [-0.4, -0.2) is 242 Å². The summed E-state index contributed by atoms with van der Waals surface area (Å²) in [5, 5.41) is 59.9. The number of nitrogens with one attached hydrogen (secondary N) is 13. The van der Waals surface area contributed by atoms with Crippen LogP contribution in [0.2, 0.25) is 5.02 Å². The van der Waals surface area contributed by atoms with Crippen LogP contribution in [0, 0.1) is 5.92 Å². The van der Waals surface area contributed by atoms with E-state index in [2.05, 4.69) is 84.1 Å². The number of hydrogen-bond donors (Lipinski definition) is 16. The van der Waals surface area contributed by atoms with Gasteiger partial charge in [-0.15, -0.1) is 0 Å². The van der Waals surface area contributed by atoms with Crippen molar-refractivity contribution in [2.24, 2.45) is 11.7 Å². The summed E-state index contributed by atoms with van der Waals surface area (Å²) in [5.41, 5.74) is 7.66. The molecule has 8 rings (SSSR count). The van der Waals surface area contributed by atoms with Crippen LogP contribution in [0.4, 0.5) is 0 Å². The third kappa shape index (κ3) is 34.6. The van der Waals surface area contributed by atoms with Gasteiger partial charge in [-0.1, -0.05) is 124 Å². The Balaban J connectivity index is 1.08. The van der Waals surface area contributed by atoms with Gasteiger partial charge < -0.3 is 94.9 Å². The molecule has 15 amide bonds. The molecule has 0 aliphatic carbocycles. The van der Waals surface area contributed by atoms with Crippen molar-refractivity contribution >= 4 is 111 Å². The molecule has 4 aromatic carbocycles. The number of phenolic OH excluding ortho intramolecular Hbond substituents is 1. The molecule has 7 aromatic rings. The van der Waals surface area contributed by atoms with Gasteiger partial charge in [0.1, 0.15) is 83.6 Å². The summed E-state index contributed by atoms with van der Waals surface area (Å²) in [6.07, 6.45) is 6.87. The molecule has 11 atom stereocenters. The second-order valence-corrected chi connectivity index (χ2v) is 33.8. The Hall–Kier alpha value is -13.3. The van der Waals surface area contributed by atoms with Gasteiger partial charge in [0.15, 0.2) is 0 Å². The first-order chi connectivity index (χ1) is 62.7. The fourth-order valence-corrected chi connectivity index (χ4v) is 14.9. The van der Waals surface area contributed by atoms with Gasteiger partial charge in [-0.05, 0) is 184 Å². The van der Waals surface area contributed by atoms with E-state index in [1.807, 2.05) is 56.3 Å². The highest BCUT2D eigenvalue weighted by molar-refractivity contribution is 6.30. The molecule has 36 nitrogen and oxygen atoms in total. The number of likely N-dealkylation sites (tertiary alicyclic amines) is 1.